The molecule has 0 aromatic rings. The summed E-state index contributed by atoms with van der Waals surface area (Å²) >= 11 is 0.437. The van der Waals surface area contributed by atoms with Gasteiger partial charge in [-0.05, 0) is 18.4 Å². The van der Waals surface area contributed by atoms with Gasteiger partial charge in [0, 0.05) is 4.91 Å². The molecule has 0 rings (SSSR count). The van der Waals surface area contributed by atoms with Crippen LogP contribution in [0.2, 0.25) is 0 Å². The van der Waals surface area contributed by atoms with Gasteiger partial charge in [-0.25, -0.2) is 0 Å². The van der Waals surface area contributed by atoms with E-state index < -0.39 is 0 Å². The SMILES string of the molecule is CC[C@H](N=[N+]=[N-])[C@@H](CC)OSOO[O-].[Na+]. The van der Waals surface area contributed by atoms with Crippen molar-refractivity contribution in [2.45, 2.75) is 38.8 Å². The maximum atomic E-state index is 9.46. The van der Waals surface area contributed by atoms with E-state index in [4.69, 9.17) is 9.71 Å². The summed E-state index contributed by atoms with van der Waals surface area (Å²) in [5.74, 6) is 0. The molecule has 7 nitrogen and oxygen atoms in total. The Morgan fingerprint density at radius 1 is 1.47 bits per heavy atom. The van der Waals surface area contributed by atoms with Gasteiger partial charge in [-0.1, -0.05) is 19.0 Å². The number of hydrogen-bond acceptors (Lipinski definition) is 6. The molecule has 0 amide bonds. The Balaban J connectivity index is 0. The van der Waals surface area contributed by atoms with Gasteiger partial charge in [-0.2, -0.15) is 0 Å². The van der Waals surface area contributed by atoms with E-state index in [1.165, 1.54) is 0 Å². The topological polar surface area (TPSA) is 99.5 Å². The van der Waals surface area contributed by atoms with Crippen molar-refractivity contribution in [1.82, 2.24) is 0 Å². The maximum Gasteiger partial charge on any atom is 1.00 e. The molecule has 0 bridgehead atoms. The zero-order valence-corrected chi connectivity index (χ0v) is 11.8. The first-order valence-corrected chi connectivity index (χ1v) is 4.79. The van der Waals surface area contributed by atoms with Crippen LogP contribution in [-0.4, -0.2) is 12.1 Å². The molecule has 15 heavy (non-hydrogen) atoms. The molecule has 0 spiro atoms. The van der Waals surface area contributed by atoms with Crippen molar-refractivity contribution in [1.29, 1.82) is 0 Å². The number of azide groups is 1. The summed E-state index contributed by atoms with van der Waals surface area (Å²) in [5.41, 5.74) is 8.27. The quantitative estimate of drug-likeness (QED) is 0.0770. The molecular formula is C6H12N3NaO4S. The van der Waals surface area contributed by atoms with Crippen LogP contribution in [0.25, 0.3) is 10.4 Å². The average molecular weight is 245 g/mol. The van der Waals surface area contributed by atoms with Crippen LogP contribution in [0, 0.1) is 0 Å². The number of hydrogen-bond donors (Lipinski definition) is 0. The second-order valence-electron chi connectivity index (χ2n) is 2.43. The van der Waals surface area contributed by atoms with E-state index in [2.05, 4.69) is 19.4 Å². The molecule has 82 valence electrons. The van der Waals surface area contributed by atoms with Crippen molar-refractivity contribution in [2.75, 3.05) is 0 Å². The van der Waals surface area contributed by atoms with Gasteiger partial charge in [0.2, 0.25) is 0 Å². The Labute approximate surface area is 115 Å². The van der Waals surface area contributed by atoms with Crippen molar-refractivity contribution in [2.24, 2.45) is 5.11 Å². The summed E-state index contributed by atoms with van der Waals surface area (Å²) in [6, 6.07) is -0.271. The Kier molecular flexibility index (Phi) is 15.0. The van der Waals surface area contributed by atoms with Crippen LogP contribution in [-0.2, 0) is 13.6 Å². The predicted molar refractivity (Wildman–Crippen MR) is 48.2 cm³/mol. The van der Waals surface area contributed by atoms with Crippen LogP contribution in [0.15, 0.2) is 5.11 Å². The largest absolute Gasteiger partial charge is 1.00 e. The van der Waals surface area contributed by atoms with E-state index in [0.29, 0.717) is 25.2 Å². The van der Waals surface area contributed by atoms with E-state index >= 15 is 0 Å². The van der Waals surface area contributed by atoms with Crippen LogP contribution in [0.5, 0.6) is 0 Å². The van der Waals surface area contributed by atoms with E-state index in [1.54, 1.807) is 0 Å². The molecule has 9 heteroatoms. The smallest absolute Gasteiger partial charge is 0.691 e. The van der Waals surface area contributed by atoms with Gasteiger partial charge >= 0.3 is 29.6 Å². The summed E-state index contributed by atoms with van der Waals surface area (Å²) in [6.07, 6.45) is 1.00. The molecule has 2 atom stereocenters. The number of nitrogens with zero attached hydrogens (tertiary/aromatic N) is 3. The minimum absolute atomic E-state index is 0. The molecule has 0 aromatic heterocycles. The van der Waals surface area contributed by atoms with E-state index in [-0.39, 0.29) is 41.7 Å². The summed E-state index contributed by atoms with van der Waals surface area (Å²) < 4.78 is 8.98. The molecule has 0 unspecified atom stereocenters. The van der Waals surface area contributed by atoms with Crippen LogP contribution < -0.4 is 34.8 Å². The van der Waals surface area contributed by atoms with Crippen molar-refractivity contribution in [3.05, 3.63) is 10.4 Å². The Hall–Kier alpha value is 0.500. The van der Waals surface area contributed by atoms with Crippen LogP contribution in [0.3, 0.4) is 0 Å². The zero-order chi connectivity index (χ0) is 10.8. The second kappa shape index (κ2) is 12.6. The molecule has 0 saturated carbocycles. The molecule has 0 N–H and O–H groups in total. The molecule has 0 saturated heterocycles. The fraction of sp³-hybridized carbons (Fsp3) is 1.00. The van der Waals surface area contributed by atoms with Gasteiger partial charge in [-0.15, -0.1) is 4.33 Å². The molecule has 0 radical (unpaired) electrons. The third-order valence-corrected chi connectivity index (χ3v) is 2.11. The summed E-state index contributed by atoms with van der Waals surface area (Å²) in [4.78, 5) is 2.71. The van der Waals surface area contributed by atoms with Crippen molar-refractivity contribution >= 4 is 12.3 Å². The fourth-order valence-corrected chi connectivity index (χ4v) is 1.39. The first-order valence-electron chi connectivity index (χ1n) is 4.12. The monoisotopic (exact) mass is 245 g/mol. The molecule has 0 aromatic carbocycles. The molecule has 0 aliphatic carbocycles. The Bertz CT molecular complexity index is 193. The minimum Gasteiger partial charge on any atom is -0.691 e. The first-order chi connectivity index (χ1) is 6.79. The first kappa shape index (κ1) is 17.9. The summed E-state index contributed by atoms with van der Waals surface area (Å²) in [6.45, 7) is 3.75. The zero-order valence-electron chi connectivity index (χ0n) is 8.95. The molecule has 0 heterocycles. The third-order valence-electron chi connectivity index (χ3n) is 1.67. The van der Waals surface area contributed by atoms with Gasteiger partial charge in [0.25, 0.3) is 0 Å². The maximum absolute atomic E-state index is 9.46. The van der Waals surface area contributed by atoms with Crippen molar-refractivity contribution < 1.29 is 48.4 Å². The van der Waals surface area contributed by atoms with Crippen LogP contribution in [0.1, 0.15) is 26.7 Å². The standard InChI is InChI=1S/C6H13N3O4S.Na/c1-3-5(8-9-7)6(4-2)11-14-13-12-10;/h5-6,10H,3-4H2,1-2H3;/q;+1/p-1/t5-,6+;/m0./s1. The van der Waals surface area contributed by atoms with E-state index in [0.717, 1.165) is 0 Å². The van der Waals surface area contributed by atoms with Gasteiger partial charge in [0.15, 0.2) is 12.3 Å². The summed E-state index contributed by atoms with van der Waals surface area (Å²) in [5, 5.41) is 16.1. The van der Waals surface area contributed by atoms with Gasteiger partial charge < -0.3 is 5.26 Å². The number of rotatable bonds is 8. The predicted octanol–water partition coefficient (Wildman–Crippen LogP) is -1.34. The summed E-state index contributed by atoms with van der Waals surface area (Å²) in [7, 11) is 0. The Morgan fingerprint density at radius 3 is 2.53 bits per heavy atom. The third kappa shape index (κ3) is 8.32. The van der Waals surface area contributed by atoms with Crippen LogP contribution in [0.4, 0.5) is 0 Å². The van der Waals surface area contributed by atoms with Gasteiger partial charge in [0.05, 0.1) is 12.1 Å². The van der Waals surface area contributed by atoms with Crippen molar-refractivity contribution in [3.8, 4) is 0 Å². The molecular weight excluding hydrogens is 233 g/mol. The Morgan fingerprint density at radius 2 is 2.13 bits per heavy atom. The molecule has 0 fully saturated rings. The van der Waals surface area contributed by atoms with E-state index in [1.807, 2.05) is 13.8 Å². The molecule has 0 aliphatic heterocycles. The van der Waals surface area contributed by atoms with E-state index in [9.17, 15) is 5.26 Å². The van der Waals surface area contributed by atoms with Gasteiger partial charge in [-0.3, -0.25) is 9.22 Å². The van der Waals surface area contributed by atoms with Gasteiger partial charge in [0.1, 0.15) is 0 Å². The normalized spacial score (nSPS) is 13.5. The minimum atomic E-state index is -0.295. The van der Waals surface area contributed by atoms with Crippen LogP contribution >= 0.6 is 12.3 Å². The van der Waals surface area contributed by atoms with Crippen molar-refractivity contribution in [3.63, 3.8) is 0 Å². The average Bonchev–Trinajstić information content (AvgIpc) is 2.22. The fourth-order valence-electron chi connectivity index (χ4n) is 0.967. The second-order valence-corrected chi connectivity index (χ2v) is 2.89. The molecule has 0 aliphatic rings.